The van der Waals surface area contributed by atoms with E-state index in [4.69, 9.17) is 4.74 Å². The van der Waals surface area contributed by atoms with Crippen molar-refractivity contribution in [3.63, 3.8) is 0 Å². The van der Waals surface area contributed by atoms with Crippen molar-refractivity contribution in [3.05, 3.63) is 29.8 Å². The van der Waals surface area contributed by atoms with Crippen molar-refractivity contribution in [2.24, 2.45) is 11.8 Å². The third kappa shape index (κ3) is 2.58. The van der Waals surface area contributed by atoms with E-state index in [9.17, 15) is 14.4 Å². The van der Waals surface area contributed by atoms with E-state index in [0.29, 0.717) is 0 Å². The smallest absolute Gasteiger partial charge is 0.326 e. The van der Waals surface area contributed by atoms with Gasteiger partial charge in [-0.05, 0) is 31.5 Å². The standard InChI is InChI=1S/C19H25N3O4/c1-6-26-18(25)19(2)14-13(16(23)22(5)17(14)24)15(20-19)11-7-9-12(10-8-11)21(3)4/h7-10,13-15,20H,6H2,1-5H3/t13-,14-,15-,19-/m0/s1. The number of nitrogens with zero attached hydrogens (tertiary/aromatic N) is 2. The van der Waals surface area contributed by atoms with Gasteiger partial charge in [-0.25, -0.2) is 0 Å². The van der Waals surface area contributed by atoms with Crippen molar-refractivity contribution in [3.8, 4) is 0 Å². The Labute approximate surface area is 153 Å². The highest BCUT2D eigenvalue weighted by molar-refractivity contribution is 6.09. The van der Waals surface area contributed by atoms with E-state index in [1.807, 2.05) is 43.3 Å². The molecule has 2 aliphatic rings. The third-order valence-electron chi connectivity index (χ3n) is 5.48. The van der Waals surface area contributed by atoms with Crippen molar-refractivity contribution in [1.82, 2.24) is 10.2 Å². The Morgan fingerprint density at radius 3 is 2.38 bits per heavy atom. The molecule has 0 radical (unpaired) electrons. The molecule has 0 aromatic heterocycles. The summed E-state index contributed by atoms with van der Waals surface area (Å²) < 4.78 is 5.20. The first kappa shape index (κ1) is 18.4. The van der Waals surface area contributed by atoms with Gasteiger partial charge in [-0.1, -0.05) is 12.1 Å². The lowest BCUT2D eigenvalue weighted by Gasteiger charge is -2.28. The first-order chi connectivity index (χ1) is 12.2. The minimum Gasteiger partial charge on any atom is -0.465 e. The Hall–Kier alpha value is -2.41. The van der Waals surface area contributed by atoms with E-state index in [2.05, 4.69) is 5.32 Å². The van der Waals surface area contributed by atoms with Crippen LogP contribution in [0.3, 0.4) is 0 Å². The maximum absolute atomic E-state index is 12.7. The van der Waals surface area contributed by atoms with Gasteiger partial charge < -0.3 is 9.64 Å². The molecule has 7 heteroatoms. The summed E-state index contributed by atoms with van der Waals surface area (Å²) in [6.07, 6.45) is 0. The molecule has 1 N–H and O–H groups in total. The number of anilines is 1. The van der Waals surface area contributed by atoms with Gasteiger partial charge >= 0.3 is 5.97 Å². The number of likely N-dealkylation sites (tertiary alicyclic amines) is 1. The average molecular weight is 359 g/mol. The van der Waals surface area contributed by atoms with E-state index in [1.165, 1.54) is 7.05 Å². The van der Waals surface area contributed by atoms with Crippen LogP contribution < -0.4 is 10.2 Å². The average Bonchev–Trinajstić information content (AvgIpc) is 3.05. The minimum atomic E-state index is -1.23. The lowest BCUT2D eigenvalue weighted by molar-refractivity contribution is -0.155. The summed E-state index contributed by atoms with van der Waals surface area (Å²) >= 11 is 0. The van der Waals surface area contributed by atoms with E-state index in [0.717, 1.165) is 16.2 Å². The highest BCUT2D eigenvalue weighted by Crippen LogP contribution is 2.48. The van der Waals surface area contributed by atoms with Gasteiger partial charge in [0, 0.05) is 32.9 Å². The molecule has 0 aliphatic carbocycles. The molecule has 2 heterocycles. The van der Waals surface area contributed by atoms with Crippen LogP contribution in [0.15, 0.2) is 24.3 Å². The quantitative estimate of drug-likeness (QED) is 0.637. The topological polar surface area (TPSA) is 79.0 Å². The van der Waals surface area contributed by atoms with Crippen LogP contribution in [-0.4, -0.2) is 56.0 Å². The number of hydrogen-bond donors (Lipinski definition) is 1. The lowest BCUT2D eigenvalue weighted by Crippen LogP contribution is -2.53. The molecule has 2 amide bonds. The number of nitrogens with one attached hydrogen (secondary N) is 1. The molecule has 1 aromatic carbocycles. The Balaban J connectivity index is 2.02. The van der Waals surface area contributed by atoms with Gasteiger partial charge in [0.25, 0.3) is 0 Å². The molecule has 2 aliphatic heterocycles. The van der Waals surface area contributed by atoms with Crippen LogP contribution in [0.4, 0.5) is 5.69 Å². The first-order valence-corrected chi connectivity index (χ1v) is 8.76. The summed E-state index contributed by atoms with van der Waals surface area (Å²) in [5, 5.41) is 3.24. The molecule has 0 unspecified atom stereocenters. The minimum absolute atomic E-state index is 0.216. The predicted molar refractivity (Wildman–Crippen MR) is 96.4 cm³/mol. The molecule has 4 atom stereocenters. The molecule has 140 valence electrons. The van der Waals surface area contributed by atoms with Gasteiger partial charge in [-0.3, -0.25) is 24.6 Å². The van der Waals surface area contributed by atoms with Gasteiger partial charge in [-0.15, -0.1) is 0 Å². The van der Waals surface area contributed by atoms with E-state index < -0.39 is 29.4 Å². The van der Waals surface area contributed by atoms with Gasteiger partial charge in [0.15, 0.2) is 0 Å². The Bertz CT molecular complexity index is 746. The third-order valence-corrected chi connectivity index (χ3v) is 5.48. The van der Waals surface area contributed by atoms with E-state index in [1.54, 1.807) is 13.8 Å². The fraction of sp³-hybridized carbons (Fsp3) is 0.526. The number of carbonyl (C=O) groups excluding carboxylic acids is 3. The molecule has 3 rings (SSSR count). The molecule has 2 fully saturated rings. The predicted octanol–water partition coefficient (Wildman–Crippen LogP) is 0.950. The zero-order chi connectivity index (χ0) is 19.2. The SMILES string of the molecule is CCOC(=O)[C@@]1(C)N[C@@H](c2ccc(N(C)C)cc2)[C@H]2C(=O)N(C)C(=O)[C@H]21. The number of amides is 2. The normalized spacial score (nSPS) is 30.5. The maximum atomic E-state index is 12.7. The molecule has 0 spiro atoms. The summed E-state index contributed by atoms with van der Waals surface area (Å²) in [6, 6.07) is 7.34. The van der Waals surface area contributed by atoms with Gasteiger partial charge in [0.2, 0.25) is 11.8 Å². The molecular formula is C19H25N3O4. The summed E-state index contributed by atoms with van der Waals surface area (Å²) in [5.74, 6) is -2.48. The van der Waals surface area contributed by atoms with Crippen LogP contribution in [0.2, 0.25) is 0 Å². The molecule has 2 saturated heterocycles. The maximum Gasteiger partial charge on any atom is 0.326 e. The summed E-state index contributed by atoms with van der Waals surface area (Å²) in [6.45, 7) is 3.59. The second-order valence-corrected chi connectivity index (χ2v) is 7.27. The summed E-state index contributed by atoms with van der Waals surface area (Å²) in [4.78, 5) is 41.2. The second-order valence-electron chi connectivity index (χ2n) is 7.27. The molecule has 0 saturated carbocycles. The number of rotatable bonds is 4. The van der Waals surface area contributed by atoms with E-state index >= 15 is 0 Å². The Morgan fingerprint density at radius 2 is 1.85 bits per heavy atom. The van der Waals surface area contributed by atoms with Crippen LogP contribution in [0.25, 0.3) is 0 Å². The molecular weight excluding hydrogens is 334 g/mol. The number of esters is 1. The second kappa shape index (κ2) is 6.39. The zero-order valence-corrected chi connectivity index (χ0v) is 15.8. The lowest BCUT2D eigenvalue weighted by atomic mass is 9.80. The molecule has 0 bridgehead atoms. The molecule has 7 nitrogen and oxygen atoms in total. The number of ether oxygens (including phenoxy) is 1. The molecule has 1 aromatic rings. The van der Waals surface area contributed by atoms with Crippen molar-refractivity contribution >= 4 is 23.5 Å². The Kier molecular flexibility index (Phi) is 4.52. The van der Waals surface area contributed by atoms with Gasteiger partial charge in [0.1, 0.15) is 5.54 Å². The van der Waals surface area contributed by atoms with Crippen molar-refractivity contribution in [2.75, 3.05) is 32.6 Å². The van der Waals surface area contributed by atoms with E-state index in [-0.39, 0.29) is 18.4 Å². The van der Waals surface area contributed by atoms with Crippen LogP contribution >= 0.6 is 0 Å². The van der Waals surface area contributed by atoms with Crippen LogP contribution in [-0.2, 0) is 19.1 Å². The van der Waals surface area contributed by atoms with Crippen molar-refractivity contribution in [2.45, 2.75) is 25.4 Å². The number of benzene rings is 1. The zero-order valence-electron chi connectivity index (χ0n) is 15.8. The molecule has 26 heavy (non-hydrogen) atoms. The number of hydrogen-bond acceptors (Lipinski definition) is 6. The highest BCUT2D eigenvalue weighted by Gasteiger charge is 2.66. The first-order valence-electron chi connectivity index (χ1n) is 8.76. The highest BCUT2D eigenvalue weighted by atomic mass is 16.5. The van der Waals surface area contributed by atoms with Crippen molar-refractivity contribution < 1.29 is 19.1 Å². The number of carbonyl (C=O) groups is 3. The number of imide groups is 1. The van der Waals surface area contributed by atoms with Crippen molar-refractivity contribution in [1.29, 1.82) is 0 Å². The van der Waals surface area contributed by atoms with Gasteiger partial charge in [-0.2, -0.15) is 0 Å². The Morgan fingerprint density at radius 1 is 1.23 bits per heavy atom. The fourth-order valence-electron chi connectivity index (χ4n) is 4.02. The van der Waals surface area contributed by atoms with Crippen LogP contribution in [0.5, 0.6) is 0 Å². The monoisotopic (exact) mass is 359 g/mol. The van der Waals surface area contributed by atoms with Crippen LogP contribution in [0.1, 0.15) is 25.5 Å². The number of fused-ring (bicyclic) bond motifs is 1. The largest absolute Gasteiger partial charge is 0.465 e. The summed E-state index contributed by atoms with van der Waals surface area (Å²) in [7, 11) is 5.37. The summed E-state index contributed by atoms with van der Waals surface area (Å²) in [5.41, 5.74) is 0.667. The van der Waals surface area contributed by atoms with Crippen LogP contribution in [0, 0.1) is 11.8 Å². The van der Waals surface area contributed by atoms with Gasteiger partial charge in [0.05, 0.1) is 18.4 Å². The fourth-order valence-corrected chi connectivity index (χ4v) is 4.02.